The quantitative estimate of drug-likeness (QED) is 0.747. The molecule has 20 heavy (non-hydrogen) atoms. The Morgan fingerprint density at radius 2 is 2.20 bits per heavy atom. The summed E-state index contributed by atoms with van der Waals surface area (Å²) in [5.41, 5.74) is 0.810. The molecule has 0 aliphatic carbocycles. The van der Waals surface area contributed by atoms with E-state index in [4.69, 9.17) is 4.74 Å². The van der Waals surface area contributed by atoms with Crippen LogP contribution in [0.2, 0.25) is 0 Å². The molecule has 1 aliphatic heterocycles. The van der Waals surface area contributed by atoms with Crippen molar-refractivity contribution in [3.05, 3.63) is 35.9 Å². The Bertz CT molecular complexity index is 414. The molecule has 1 aromatic rings. The average molecular weight is 276 g/mol. The van der Waals surface area contributed by atoms with Gasteiger partial charge in [0.15, 0.2) is 0 Å². The number of rotatable bonds is 7. The zero-order chi connectivity index (χ0) is 14.3. The first kappa shape index (κ1) is 15.0. The van der Waals surface area contributed by atoms with Gasteiger partial charge in [-0.2, -0.15) is 0 Å². The number of benzene rings is 1. The lowest BCUT2D eigenvalue weighted by atomic mass is 9.99. The van der Waals surface area contributed by atoms with Crippen LogP contribution in [0.25, 0.3) is 0 Å². The van der Waals surface area contributed by atoms with Crippen molar-refractivity contribution in [2.24, 2.45) is 0 Å². The monoisotopic (exact) mass is 276 g/mol. The molecular formula is C16H24N2O2. The Kier molecular flexibility index (Phi) is 5.56. The van der Waals surface area contributed by atoms with Gasteiger partial charge in [0.05, 0.1) is 12.1 Å². The fourth-order valence-corrected chi connectivity index (χ4v) is 2.42. The molecule has 0 spiro atoms. The highest BCUT2D eigenvalue weighted by atomic mass is 16.5. The van der Waals surface area contributed by atoms with Crippen LogP contribution in [0.5, 0.6) is 0 Å². The zero-order valence-electron chi connectivity index (χ0n) is 12.2. The molecule has 2 N–H and O–H groups in total. The van der Waals surface area contributed by atoms with E-state index in [1.165, 1.54) is 5.56 Å². The second kappa shape index (κ2) is 7.41. The number of ether oxygens (including phenoxy) is 1. The van der Waals surface area contributed by atoms with E-state index in [1.807, 2.05) is 37.3 Å². The van der Waals surface area contributed by atoms with Crippen molar-refractivity contribution in [2.45, 2.75) is 38.3 Å². The lowest BCUT2D eigenvalue weighted by Gasteiger charge is -2.22. The normalized spacial score (nSPS) is 21.9. The van der Waals surface area contributed by atoms with E-state index in [2.05, 4.69) is 10.6 Å². The molecule has 110 valence electrons. The molecule has 1 aliphatic rings. The summed E-state index contributed by atoms with van der Waals surface area (Å²) in [6.07, 6.45) is 2.84. The fourth-order valence-electron chi connectivity index (χ4n) is 2.42. The summed E-state index contributed by atoms with van der Waals surface area (Å²) >= 11 is 0. The third-order valence-electron chi connectivity index (χ3n) is 3.73. The molecule has 1 fully saturated rings. The van der Waals surface area contributed by atoms with Crippen molar-refractivity contribution >= 4 is 5.91 Å². The summed E-state index contributed by atoms with van der Waals surface area (Å²) in [7, 11) is 0. The molecule has 0 aromatic heterocycles. The van der Waals surface area contributed by atoms with Gasteiger partial charge in [0.2, 0.25) is 5.91 Å². The van der Waals surface area contributed by atoms with Gasteiger partial charge < -0.3 is 15.4 Å². The average Bonchev–Trinajstić information content (AvgIpc) is 2.92. The van der Waals surface area contributed by atoms with Crippen molar-refractivity contribution in [1.82, 2.24) is 10.6 Å². The first-order valence-electron chi connectivity index (χ1n) is 7.36. The largest absolute Gasteiger partial charge is 0.377 e. The molecule has 2 rings (SSSR count). The number of amides is 1. The number of carbonyl (C=O) groups is 1. The zero-order valence-corrected chi connectivity index (χ0v) is 12.2. The van der Waals surface area contributed by atoms with E-state index < -0.39 is 0 Å². The van der Waals surface area contributed by atoms with Crippen molar-refractivity contribution in [3.63, 3.8) is 0 Å². The van der Waals surface area contributed by atoms with E-state index in [1.54, 1.807) is 0 Å². The lowest BCUT2D eigenvalue weighted by molar-refractivity contribution is -0.126. The van der Waals surface area contributed by atoms with E-state index >= 15 is 0 Å². The Morgan fingerprint density at radius 1 is 1.40 bits per heavy atom. The van der Waals surface area contributed by atoms with Crippen LogP contribution in [0.4, 0.5) is 0 Å². The lowest BCUT2D eigenvalue weighted by Crippen LogP contribution is -2.51. The molecule has 1 saturated heterocycles. The van der Waals surface area contributed by atoms with Crippen molar-refractivity contribution in [1.29, 1.82) is 0 Å². The summed E-state index contributed by atoms with van der Waals surface area (Å²) in [4.78, 5) is 12.0. The summed E-state index contributed by atoms with van der Waals surface area (Å²) in [5.74, 6) is 0.109. The van der Waals surface area contributed by atoms with Crippen LogP contribution in [-0.4, -0.2) is 31.1 Å². The number of carbonyl (C=O) groups excluding carboxylic acids is 1. The maximum absolute atomic E-state index is 12.0. The SMILES string of the molecule is CC1(C(=O)NCCCOCc2ccccc2)CCCN1. The maximum atomic E-state index is 12.0. The summed E-state index contributed by atoms with van der Waals surface area (Å²) in [6, 6.07) is 10.1. The second-order valence-corrected chi connectivity index (χ2v) is 5.51. The minimum Gasteiger partial charge on any atom is -0.377 e. The van der Waals surface area contributed by atoms with Gasteiger partial charge >= 0.3 is 0 Å². The summed E-state index contributed by atoms with van der Waals surface area (Å²) in [5, 5.41) is 6.25. The molecule has 1 aromatic carbocycles. The van der Waals surface area contributed by atoms with Crippen LogP contribution in [0, 0.1) is 0 Å². The van der Waals surface area contributed by atoms with Crippen LogP contribution in [0.1, 0.15) is 31.7 Å². The highest BCUT2D eigenvalue weighted by Crippen LogP contribution is 2.18. The molecule has 0 bridgehead atoms. The molecule has 0 radical (unpaired) electrons. The van der Waals surface area contributed by atoms with Gasteiger partial charge in [-0.3, -0.25) is 4.79 Å². The van der Waals surface area contributed by atoms with Crippen molar-refractivity contribution < 1.29 is 9.53 Å². The smallest absolute Gasteiger partial charge is 0.240 e. The second-order valence-electron chi connectivity index (χ2n) is 5.51. The molecule has 1 unspecified atom stereocenters. The molecule has 4 nitrogen and oxygen atoms in total. The predicted molar refractivity (Wildman–Crippen MR) is 79.4 cm³/mol. The van der Waals surface area contributed by atoms with E-state index in [-0.39, 0.29) is 11.4 Å². The third kappa shape index (κ3) is 4.32. The van der Waals surface area contributed by atoms with Crippen LogP contribution >= 0.6 is 0 Å². The number of hydrogen-bond donors (Lipinski definition) is 2. The van der Waals surface area contributed by atoms with Gasteiger partial charge in [-0.05, 0) is 38.3 Å². The Balaban J connectivity index is 1.54. The van der Waals surface area contributed by atoms with Gasteiger partial charge in [-0.25, -0.2) is 0 Å². The van der Waals surface area contributed by atoms with Crippen LogP contribution < -0.4 is 10.6 Å². The summed E-state index contributed by atoms with van der Waals surface area (Å²) in [6.45, 7) is 4.88. The van der Waals surface area contributed by atoms with Gasteiger partial charge in [0, 0.05) is 13.2 Å². The van der Waals surface area contributed by atoms with Crippen LogP contribution in [0.15, 0.2) is 30.3 Å². The van der Waals surface area contributed by atoms with Crippen molar-refractivity contribution in [3.8, 4) is 0 Å². The maximum Gasteiger partial charge on any atom is 0.240 e. The molecule has 1 atom stereocenters. The Labute approximate surface area is 120 Å². The highest BCUT2D eigenvalue weighted by molar-refractivity contribution is 5.86. The van der Waals surface area contributed by atoms with E-state index in [0.717, 1.165) is 25.8 Å². The molecule has 4 heteroatoms. The van der Waals surface area contributed by atoms with Gasteiger partial charge in [-0.1, -0.05) is 30.3 Å². The van der Waals surface area contributed by atoms with Crippen molar-refractivity contribution in [2.75, 3.05) is 19.7 Å². The molecule has 1 heterocycles. The number of nitrogens with one attached hydrogen (secondary N) is 2. The first-order valence-corrected chi connectivity index (χ1v) is 7.36. The predicted octanol–water partition coefficient (Wildman–Crippen LogP) is 1.85. The summed E-state index contributed by atoms with van der Waals surface area (Å²) < 4.78 is 5.59. The molecule has 1 amide bonds. The molecule has 0 saturated carbocycles. The Morgan fingerprint density at radius 3 is 2.90 bits per heavy atom. The van der Waals surface area contributed by atoms with E-state index in [0.29, 0.717) is 19.8 Å². The first-order chi connectivity index (χ1) is 9.71. The number of hydrogen-bond acceptors (Lipinski definition) is 3. The van der Waals surface area contributed by atoms with Gasteiger partial charge in [-0.15, -0.1) is 0 Å². The minimum atomic E-state index is -0.370. The topological polar surface area (TPSA) is 50.4 Å². The minimum absolute atomic E-state index is 0.109. The Hall–Kier alpha value is -1.39. The molecular weight excluding hydrogens is 252 g/mol. The fraction of sp³-hybridized carbons (Fsp3) is 0.562. The standard InChI is InChI=1S/C16H24N2O2/c1-16(9-5-11-18-16)15(19)17-10-6-12-20-13-14-7-3-2-4-8-14/h2-4,7-8,18H,5-6,9-13H2,1H3,(H,17,19). The van der Waals surface area contributed by atoms with Crippen LogP contribution in [-0.2, 0) is 16.1 Å². The van der Waals surface area contributed by atoms with Crippen LogP contribution in [0.3, 0.4) is 0 Å². The highest BCUT2D eigenvalue weighted by Gasteiger charge is 2.35. The van der Waals surface area contributed by atoms with Gasteiger partial charge in [0.25, 0.3) is 0 Å². The third-order valence-corrected chi connectivity index (χ3v) is 3.73. The van der Waals surface area contributed by atoms with E-state index in [9.17, 15) is 4.79 Å². The van der Waals surface area contributed by atoms with Gasteiger partial charge in [0.1, 0.15) is 0 Å².